The maximum atomic E-state index is 12.7. The quantitative estimate of drug-likeness (QED) is 0.488. The fourth-order valence-corrected chi connectivity index (χ4v) is 6.01. The lowest BCUT2D eigenvalue weighted by Crippen LogP contribution is -2.57. The van der Waals surface area contributed by atoms with Crippen LogP contribution in [0.25, 0.3) is 0 Å². The van der Waals surface area contributed by atoms with E-state index in [1.165, 1.54) is 17.0 Å². The lowest BCUT2D eigenvalue weighted by atomic mass is 9.82. The lowest BCUT2D eigenvalue weighted by Gasteiger charge is -2.46. The molecule has 3 heterocycles. The van der Waals surface area contributed by atoms with Gasteiger partial charge in [0, 0.05) is 61.6 Å². The number of morpholine rings is 1. The van der Waals surface area contributed by atoms with Gasteiger partial charge in [-0.1, -0.05) is 23.7 Å². The van der Waals surface area contributed by atoms with Crippen molar-refractivity contribution in [2.45, 2.75) is 70.1 Å². The smallest absolute Gasteiger partial charge is 0.271 e. The summed E-state index contributed by atoms with van der Waals surface area (Å²) >= 11 is 6.13. The van der Waals surface area contributed by atoms with Gasteiger partial charge in [0.15, 0.2) is 0 Å². The van der Waals surface area contributed by atoms with Crippen LogP contribution in [0.4, 0.5) is 0 Å². The Morgan fingerprint density at radius 1 is 1.03 bits per heavy atom. The maximum absolute atomic E-state index is 12.7. The Bertz CT molecular complexity index is 1210. The highest BCUT2D eigenvalue weighted by molar-refractivity contribution is 6.30. The molecule has 1 aromatic carbocycles. The van der Waals surface area contributed by atoms with Gasteiger partial charge in [-0.05, 0) is 75.8 Å². The number of rotatable bonds is 7. The zero-order chi connectivity index (χ0) is 26.8. The summed E-state index contributed by atoms with van der Waals surface area (Å²) in [5, 5.41) is 12.9. The molecule has 5 rings (SSSR count). The van der Waals surface area contributed by atoms with Gasteiger partial charge in [0.2, 0.25) is 0 Å². The van der Waals surface area contributed by atoms with Crippen LogP contribution >= 0.6 is 11.6 Å². The molecule has 1 saturated heterocycles. The highest BCUT2D eigenvalue weighted by Gasteiger charge is 2.36. The van der Waals surface area contributed by atoms with Crippen molar-refractivity contribution < 1.29 is 9.53 Å². The van der Waals surface area contributed by atoms with E-state index in [1.807, 2.05) is 43.9 Å². The molecule has 2 fully saturated rings. The second-order valence-electron chi connectivity index (χ2n) is 11.0. The molecule has 0 radical (unpaired) electrons. The van der Waals surface area contributed by atoms with E-state index in [-0.39, 0.29) is 12.0 Å². The molecule has 1 aliphatic heterocycles. The number of carbonyl (C=O) groups is 1. The van der Waals surface area contributed by atoms with Crippen LogP contribution in [0.2, 0.25) is 5.02 Å². The number of ether oxygens (including phenoxy) is 1. The van der Waals surface area contributed by atoms with E-state index in [4.69, 9.17) is 21.4 Å². The summed E-state index contributed by atoms with van der Waals surface area (Å²) in [6.45, 7) is 5.98. The molecule has 2 unspecified atom stereocenters. The summed E-state index contributed by atoms with van der Waals surface area (Å²) in [5.41, 5.74) is 5.11. The number of nitrogens with one attached hydrogen (secondary N) is 1. The molecule has 9 heteroatoms. The van der Waals surface area contributed by atoms with Gasteiger partial charge in [0.1, 0.15) is 5.69 Å². The van der Waals surface area contributed by atoms with Crippen molar-refractivity contribution in [2.24, 2.45) is 14.1 Å². The number of halogens is 1. The Morgan fingerprint density at radius 3 is 2.34 bits per heavy atom. The number of benzene rings is 1. The fourth-order valence-electron chi connectivity index (χ4n) is 5.88. The minimum atomic E-state index is -0.154. The standard InChI is InChI=1S/C29H39ClN6O2/c1-19-13-27(32-34(19)3)22-7-11-24(12-8-22)36-17-26(16-31-29(37)28-14-20(2)35(4)33-28)38-18-25(36)15-21-5-9-23(30)10-6-21/h5-6,9-10,13-14,22,24-26H,7-8,11-12,15-18H2,1-4H3,(H,31,37). The lowest BCUT2D eigenvalue weighted by molar-refractivity contribution is -0.0822. The Kier molecular flexibility index (Phi) is 8.21. The van der Waals surface area contributed by atoms with Gasteiger partial charge in [0.25, 0.3) is 5.91 Å². The molecule has 2 aliphatic rings. The van der Waals surface area contributed by atoms with E-state index in [0.717, 1.165) is 49.4 Å². The van der Waals surface area contributed by atoms with Gasteiger partial charge < -0.3 is 10.1 Å². The second-order valence-corrected chi connectivity index (χ2v) is 11.4. The normalized spacial score (nSPS) is 24.4. The maximum Gasteiger partial charge on any atom is 0.271 e. The molecule has 1 aliphatic carbocycles. The first-order valence-corrected chi connectivity index (χ1v) is 14.1. The molecule has 1 amide bonds. The Balaban J connectivity index is 1.24. The van der Waals surface area contributed by atoms with Crippen LogP contribution in [0.5, 0.6) is 0 Å². The third-order valence-electron chi connectivity index (χ3n) is 8.35. The average molecular weight is 539 g/mol. The summed E-state index contributed by atoms with van der Waals surface area (Å²) in [4.78, 5) is 15.3. The zero-order valence-electron chi connectivity index (χ0n) is 22.9. The SMILES string of the molecule is Cc1cc(C(=O)NCC2CN(C3CCC(c4cc(C)n(C)n4)CC3)C(Cc3ccc(Cl)cc3)CO2)nn1C. The first kappa shape index (κ1) is 26.9. The van der Waals surface area contributed by atoms with E-state index >= 15 is 0 Å². The summed E-state index contributed by atoms with van der Waals surface area (Å²) in [5.74, 6) is 0.372. The molecule has 8 nitrogen and oxygen atoms in total. The highest BCUT2D eigenvalue weighted by atomic mass is 35.5. The first-order valence-electron chi connectivity index (χ1n) is 13.7. The van der Waals surface area contributed by atoms with Crippen molar-refractivity contribution in [1.29, 1.82) is 0 Å². The van der Waals surface area contributed by atoms with Crippen LogP contribution in [0.1, 0.15) is 64.7 Å². The number of aromatic nitrogens is 4. The van der Waals surface area contributed by atoms with Crippen LogP contribution in [-0.4, -0.2) is 68.3 Å². The average Bonchev–Trinajstić information content (AvgIpc) is 3.44. The van der Waals surface area contributed by atoms with Crippen molar-refractivity contribution in [2.75, 3.05) is 19.7 Å². The van der Waals surface area contributed by atoms with Crippen LogP contribution in [0.3, 0.4) is 0 Å². The Labute approximate surface area is 230 Å². The van der Waals surface area contributed by atoms with Crippen molar-refractivity contribution in [1.82, 2.24) is 29.8 Å². The van der Waals surface area contributed by atoms with Gasteiger partial charge in [-0.3, -0.25) is 19.1 Å². The minimum absolute atomic E-state index is 0.0543. The van der Waals surface area contributed by atoms with E-state index in [2.05, 4.69) is 40.4 Å². The van der Waals surface area contributed by atoms with E-state index in [1.54, 1.807) is 4.68 Å². The van der Waals surface area contributed by atoms with Crippen molar-refractivity contribution in [3.63, 3.8) is 0 Å². The predicted molar refractivity (Wildman–Crippen MR) is 149 cm³/mol. The van der Waals surface area contributed by atoms with E-state index < -0.39 is 0 Å². The molecule has 3 aromatic rings. The van der Waals surface area contributed by atoms with Gasteiger partial charge in [-0.25, -0.2) is 0 Å². The van der Waals surface area contributed by atoms with Crippen LogP contribution in [0.15, 0.2) is 36.4 Å². The summed E-state index contributed by atoms with van der Waals surface area (Å²) in [6.07, 6.45) is 5.44. The van der Waals surface area contributed by atoms with Gasteiger partial charge in [-0.15, -0.1) is 0 Å². The molecular weight excluding hydrogens is 500 g/mol. The molecule has 0 bridgehead atoms. The van der Waals surface area contributed by atoms with Crippen molar-refractivity contribution in [3.05, 3.63) is 69.8 Å². The Morgan fingerprint density at radius 2 is 1.71 bits per heavy atom. The molecule has 38 heavy (non-hydrogen) atoms. The third-order valence-corrected chi connectivity index (χ3v) is 8.60. The number of carbonyl (C=O) groups excluding carboxylic acids is 1. The van der Waals surface area contributed by atoms with Gasteiger partial charge in [0.05, 0.1) is 18.4 Å². The number of aryl methyl sites for hydroxylation is 4. The highest BCUT2D eigenvalue weighted by Crippen LogP contribution is 2.36. The van der Waals surface area contributed by atoms with Crippen LogP contribution in [0, 0.1) is 13.8 Å². The topological polar surface area (TPSA) is 77.2 Å². The molecule has 0 spiro atoms. The number of amides is 1. The number of nitrogens with zero attached hydrogens (tertiary/aromatic N) is 5. The van der Waals surface area contributed by atoms with Crippen molar-refractivity contribution in [3.8, 4) is 0 Å². The molecular formula is C29H39ClN6O2. The summed E-state index contributed by atoms with van der Waals surface area (Å²) in [7, 11) is 3.87. The van der Waals surface area contributed by atoms with E-state index in [0.29, 0.717) is 36.8 Å². The molecule has 1 N–H and O–H groups in total. The Hall–Kier alpha value is -2.68. The van der Waals surface area contributed by atoms with Gasteiger partial charge >= 0.3 is 0 Å². The fraction of sp³-hybridized carbons (Fsp3) is 0.552. The summed E-state index contributed by atoms with van der Waals surface area (Å²) in [6, 6.07) is 13.0. The van der Waals surface area contributed by atoms with E-state index in [9.17, 15) is 4.79 Å². The summed E-state index contributed by atoms with van der Waals surface area (Å²) < 4.78 is 10.0. The molecule has 2 atom stereocenters. The number of hydrogen-bond acceptors (Lipinski definition) is 5. The predicted octanol–water partition coefficient (Wildman–Crippen LogP) is 4.19. The zero-order valence-corrected chi connectivity index (χ0v) is 23.6. The van der Waals surface area contributed by atoms with Gasteiger partial charge in [-0.2, -0.15) is 10.2 Å². The minimum Gasteiger partial charge on any atom is -0.373 e. The third kappa shape index (κ3) is 6.14. The second kappa shape index (κ2) is 11.6. The molecule has 1 saturated carbocycles. The molecule has 204 valence electrons. The van der Waals surface area contributed by atoms with Crippen molar-refractivity contribution >= 4 is 17.5 Å². The monoisotopic (exact) mass is 538 g/mol. The molecule has 2 aromatic heterocycles. The number of hydrogen-bond donors (Lipinski definition) is 1. The first-order chi connectivity index (χ1) is 18.3. The van der Waals surface area contributed by atoms with Crippen LogP contribution < -0.4 is 5.32 Å². The largest absolute Gasteiger partial charge is 0.373 e. The van der Waals surface area contributed by atoms with Crippen LogP contribution in [-0.2, 0) is 25.3 Å².